The molecule has 4 heteroatoms. The van der Waals surface area contributed by atoms with Gasteiger partial charge in [-0.05, 0) is 33.0 Å². The van der Waals surface area contributed by atoms with E-state index in [4.69, 9.17) is 11.5 Å². The van der Waals surface area contributed by atoms with Crippen molar-refractivity contribution in [1.82, 2.24) is 9.88 Å². The van der Waals surface area contributed by atoms with Crippen molar-refractivity contribution in [1.29, 1.82) is 0 Å². The number of nitrogen functional groups attached to an aromatic ring is 1. The van der Waals surface area contributed by atoms with E-state index in [0.29, 0.717) is 0 Å². The Morgan fingerprint density at radius 3 is 2.50 bits per heavy atom. The fraction of sp³-hybridized carbons (Fsp3) is 0.643. The van der Waals surface area contributed by atoms with Gasteiger partial charge in [0.1, 0.15) is 0 Å². The zero-order chi connectivity index (χ0) is 13.2. The highest BCUT2D eigenvalue weighted by molar-refractivity contribution is 5.47. The lowest BCUT2D eigenvalue weighted by Crippen LogP contribution is -2.53. The first-order chi connectivity index (χ1) is 8.58. The summed E-state index contributed by atoms with van der Waals surface area (Å²) in [6.45, 7) is 0. The van der Waals surface area contributed by atoms with Gasteiger partial charge in [-0.1, -0.05) is 19.3 Å². The minimum absolute atomic E-state index is 0.0232. The summed E-state index contributed by atoms with van der Waals surface area (Å²) < 4.78 is 0. The summed E-state index contributed by atoms with van der Waals surface area (Å²) in [4.78, 5) is 6.45. The molecule has 0 radical (unpaired) electrons. The van der Waals surface area contributed by atoms with Crippen molar-refractivity contribution in [2.45, 2.75) is 43.7 Å². The largest absolute Gasteiger partial charge is 0.398 e. The van der Waals surface area contributed by atoms with Crippen LogP contribution in [0.5, 0.6) is 0 Å². The molecule has 0 spiro atoms. The molecule has 1 fully saturated rings. The first kappa shape index (κ1) is 13.3. The maximum absolute atomic E-state index is 6.54. The molecule has 0 amide bonds. The zero-order valence-corrected chi connectivity index (χ0v) is 11.4. The molecule has 100 valence electrons. The van der Waals surface area contributed by atoms with Gasteiger partial charge in [-0.15, -0.1) is 0 Å². The highest BCUT2D eigenvalue weighted by Crippen LogP contribution is 2.41. The molecule has 2 rings (SSSR count). The molecule has 1 saturated carbocycles. The molecule has 1 aromatic heterocycles. The molecular formula is C14H24N4. The first-order valence-electron chi connectivity index (χ1n) is 6.70. The smallest absolute Gasteiger partial charge is 0.0517 e. The third kappa shape index (κ3) is 2.22. The molecular weight excluding hydrogens is 224 g/mol. The monoisotopic (exact) mass is 248 g/mol. The van der Waals surface area contributed by atoms with Crippen LogP contribution in [0.15, 0.2) is 18.5 Å². The number of likely N-dealkylation sites (N-methyl/N-ethyl adjacent to an activating group) is 1. The zero-order valence-electron chi connectivity index (χ0n) is 11.4. The number of pyridine rings is 1. The lowest BCUT2D eigenvalue weighted by atomic mass is 9.73. The molecule has 1 heterocycles. The van der Waals surface area contributed by atoms with E-state index in [9.17, 15) is 0 Å². The van der Waals surface area contributed by atoms with E-state index in [1.54, 1.807) is 6.20 Å². The van der Waals surface area contributed by atoms with Crippen LogP contribution < -0.4 is 11.5 Å². The Morgan fingerprint density at radius 2 is 1.94 bits per heavy atom. The van der Waals surface area contributed by atoms with Gasteiger partial charge in [0.25, 0.3) is 0 Å². The van der Waals surface area contributed by atoms with Crippen LogP contribution in [0.3, 0.4) is 0 Å². The van der Waals surface area contributed by atoms with Gasteiger partial charge in [-0.25, -0.2) is 0 Å². The Kier molecular flexibility index (Phi) is 3.88. The summed E-state index contributed by atoms with van der Waals surface area (Å²) in [6.07, 6.45) is 9.60. The number of rotatable bonds is 3. The minimum Gasteiger partial charge on any atom is -0.398 e. The van der Waals surface area contributed by atoms with Crippen LogP contribution in [0.25, 0.3) is 0 Å². The number of nitrogens with zero attached hydrogens (tertiary/aromatic N) is 2. The predicted octanol–water partition coefficient (Wildman–Crippen LogP) is 1.93. The molecule has 1 unspecified atom stereocenters. The average molecular weight is 248 g/mol. The number of aromatic nitrogens is 1. The third-order valence-electron chi connectivity index (χ3n) is 4.41. The molecule has 1 aromatic rings. The first-order valence-corrected chi connectivity index (χ1v) is 6.70. The van der Waals surface area contributed by atoms with Crippen LogP contribution in [-0.4, -0.2) is 29.5 Å². The van der Waals surface area contributed by atoms with Crippen molar-refractivity contribution < 1.29 is 0 Å². The second-order valence-electron chi connectivity index (χ2n) is 5.54. The molecule has 1 atom stereocenters. The van der Waals surface area contributed by atoms with Gasteiger partial charge in [0.2, 0.25) is 0 Å². The fourth-order valence-electron chi connectivity index (χ4n) is 3.17. The summed E-state index contributed by atoms with van der Waals surface area (Å²) in [6, 6.07) is 1.77. The van der Waals surface area contributed by atoms with E-state index in [0.717, 1.165) is 24.1 Å². The van der Waals surface area contributed by atoms with Gasteiger partial charge in [0.15, 0.2) is 0 Å². The maximum atomic E-state index is 6.54. The number of nitrogens with two attached hydrogens (primary N) is 2. The summed E-state index contributed by atoms with van der Waals surface area (Å²) in [7, 11) is 4.25. The number of hydrogen-bond donors (Lipinski definition) is 2. The molecule has 18 heavy (non-hydrogen) atoms. The van der Waals surface area contributed by atoms with Gasteiger partial charge >= 0.3 is 0 Å². The average Bonchev–Trinajstić information content (AvgIpc) is 2.39. The van der Waals surface area contributed by atoms with Crippen LogP contribution in [0.2, 0.25) is 0 Å². The van der Waals surface area contributed by atoms with E-state index in [-0.39, 0.29) is 11.6 Å². The highest BCUT2D eigenvalue weighted by atomic mass is 15.2. The van der Waals surface area contributed by atoms with Crippen molar-refractivity contribution in [3.05, 3.63) is 24.0 Å². The summed E-state index contributed by atoms with van der Waals surface area (Å²) in [5, 5.41) is 0. The second-order valence-corrected chi connectivity index (χ2v) is 5.54. The molecule has 1 aliphatic carbocycles. The Balaban J connectivity index is 2.34. The van der Waals surface area contributed by atoms with E-state index in [2.05, 4.69) is 24.0 Å². The van der Waals surface area contributed by atoms with Gasteiger partial charge < -0.3 is 16.4 Å². The van der Waals surface area contributed by atoms with Gasteiger partial charge in [-0.3, -0.25) is 4.98 Å². The third-order valence-corrected chi connectivity index (χ3v) is 4.41. The quantitative estimate of drug-likeness (QED) is 0.857. The van der Waals surface area contributed by atoms with E-state index >= 15 is 0 Å². The van der Waals surface area contributed by atoms with Gasteiger partial charge in [0.05, 0.1) is 6.04 Å². The number of anilines is 1. The van der Waals surface area contributed by atoms with E-state index in [1.165, 1.54) is 19.3 Å². The topological polar surface area (TPSA) is 68.2 Å². The predicted molar refractivity (Wildman–Crippen MR) is 75.1 cm³/mol. The normalized spacial score (nSPS) is 20.9. The maximum Gasteiger partial charge on any atom is 0.0517 e. The fourth-order valence-corrected chi connectivity index (χ4v) is 3.17. The lowest BCUT2D eigenvalue weighted by molar-refractivity contribution is 0.0715. The van der Waals surface area contributed by atoms with Gasteiger partial charge in [-0.2, -0.15) is 0 Å². The Hall–Kier alpha value is -1.13. The van der Waals surface area contributed by atoms with E-state index in [1.807, 2.05) is 12.3 Å². The minimum atomic E-state index is -0.0681. The molecule has 0 aliphatic heterocycles. The SMILES string of the molecule is CN(C)C1(C(N)c2cnccc2N)CCCCC1. The molecule has 4 N–H and O–H groups in total. The van der Waals surface area contributed by atoms with Crippen LogP contribution in [0, 0.1) is 0 Å². The summed E-state index contributed by atoms with van der Waals surface area (Å²) in [5.74, 6) is 0. The van der Waals surface area contributed by atoms with Crippen molar-refractivity contribution in [2.75, 3.05) is 19.8 Å². The Morgan fingerprint density at radius 1 is 1.28 bits per heavy atom. The summed E-state index contributed by atoms with van der Waals surface area (Å²) >= 11 is 0. The van der Waals surface area contributed by atoms with Crippen molar-refractivity contribution in [3.63, 3.8) is 0 Å². The molecule has 1 aliphatic rings. The van der Waals surface area contributed by atoms with Crippen molar-refractivity contribution >= 4 is 5.69 Å². The lowest BCUT2D eigenvalue weighted by Gasteiger charge is -2.47. The molecule has 0 bridgehead atoms. The highest BCUT2D eigenvalue weighted by Gasteiger charge is 2.41. The standard InChI is InChI=1S/C14H24N4/c1-18(2)14(7-4-3-5-8-14)13(16)11-10-17-9-6-12(11)15/h6,9-10,13H,3-5,7-8,16H2,1-2H3,(H2,15,17). The van der Waals surface area contributed by atoms with Crippen LogP contribution >= 0.6 is 0 Å². The van der Waals surface area contributed by atoms with Crippen LogP contribution in [0.1, 0.15) is 43.7 Å². The Labute approximate surface area is 109 Å². The van der Waals surface area contributed by atoms with Crippen molar-refractivity contribution in [3.8, 4) is 0 Å². The van der Waals surface area contributed by atoms with Crippen molar-refractivity contribution in [2.24, 2.45) is 5.73 Å². The summed E-state index contributed by atoms with van der Waals surface area (Å²) in [5.41, 5.74) is 14.4. The second kappa shape index (κ2) is 5.24. The van der Waals surface area contributed by atoms with Crippen LogP contribution in [-0.2, 0) is 0 Å². The van der Waals surface area contributed by atoms with Crippen LogP contribution in [0.4, 0.5) is 5.69 Å². The number of hydrogen-bond acceptors (Lipinski definition) is 4. The van der Waals surface area contributed by atoms with E-state index < -0.39 is 0 Å². The molecule has 0 aromatic carbocycles. The molecule has 0 saturated heterocycles. The Bertz CT molecular complexity index is 397. The van der Waals surface area contributed by atoms with Gasteiger partial charge in [0, 0.05) is 29.2 Å². The molecule has 4 nitrogen and oxygen atoms in total.